The molecule has 6 nitrogen and oxygen atoms in total. The first-order valence-corrected chi connectivity index (χ1v) is 19.3. The zero-order chi connectivity index (χ0) is 28.1. The molecular formula is C32H40AsO6P. The molecule has 214 valence electrons. The fraction of sp³-hybridized carbons (Fsp3) is 0.562. The Kier molecular flexibility index (Phi) is 7.83. The summed E-state index contributed by atoms with van der Waals surface area (Å²) in [5.74, 6) is -0.00962. The summed E-state index contributed by atoms with van der Waals surface area (Å²) in [6.45, 7) is 3.96. The van der Waals surface area contributed by atoms with Gasteiger partial charge in [0.15, 0.2) is 0 Å². The van der Waals surface area contributed by atoms with E-state index in [0.717, 1.165) is 30.4 Å². The van der Waals surface area contributed by atoms with Gasteiger partial charge in [-0.3, -0.25) is 0 Å². The van der Waals surface area contributed by atoms with Gasteiger partial charge in [0.25, 0.3) is 0 Å². The average Bonchev–Trinajstić information content (AvgIpc) is 3.22. The van der Waals surface area contributed by atoms with E-state index in [-0.39, 0.29) is 34.3 Å². The van der Waals surface area contributed by atoms with E-state index in [1.165, 1.54) is 30.4 Å². The Morgan fingerprint density at radius 3 is 1.98 bits per heavy atom. The molecule has 2 aromatic rings. The quantitative estimate of drug-likeness (QED) is 0.215. The number of carboxylic acid groups (broad SMARTS) is 1. The number of ether oxygens (including phenoxy) is 1. The van der Waals surface area contributed by atoms with Gasteiger partial charge < -0.3 is 0 Å². The second-order valence-electron chi connectivity index (χ2n) is 13.0. The van der Waals surface area contributed by atoms with Gasteiger partial charge in [-0.2, -0.15) is 0 Å². The van der Waals surface area contributed by atoms with Crippen LogP contribution in [-0.4, -0.2) is 54.9 Å². The molecule has 40 heavy (non-hydrogen) atoms. The first kappa shape index (κ1) is 28.3. The van der Waals surface area contributed by atoms with E-state index in [2.05, 4.69) is 24.3 Å². The van der Waals surface area contributed by atoms with Crippen LogP contribution in [0.2, 0.25) is 0 Å². The molecule has 5 aliphatic rings. The van der Waals surface area contributed by atoms with Crippen molar-refractivity contribution in [1.29, 1.82) is 0 Å². The third-order valence-electron chi connectivity index (χ3n) is 9.75. The fourth-order valence-corrected chi connectivity index (χ4v) is 15.0. The van der Waals surface area contributed by atoms with Crippen LogP contribution in [0.3, 0.4) is 0 Å². The number of aliphatic carboxylic acids is 1. The van der Waals surface area contributed by atoms with Gasteiger partial charge in [0.05, 0.1) is 0 Å². The second-order valence-corrected chi connectivity index (χ2v) is 19.1. The van der Waals surface area contributed by atoms with Crippen LogP contribution in [0, 0.1) is 29.6 Å². The second kappa shape index (κ2) is 11.1. The normalized spacial score (nSPS) is 28.9. The summed E-state index contributed by atoms with van der Waals surface area (Å²) in [6, 6.07) is 16.5. The van der Waals surface area contributed by atoms with Crippen LogP contribution in [0.25, 0.3) is 11.1 Å². The van der Waals surface area contributed by atoms with Crippen LogP contribution in [0.5, 0.6) is 0 Å². The topological polar surface area (TPSA) is 89.9 Å². The van der Waals surface area contributed by atoms with E-state index in [0.29, 0.717) is 17.8 Å². The number of benzene rings is 2. The molecule has 0 aromatic heterocycles. The summed E-state index contributed by atoms with van der Waals surface area (Å²) < 4.78 is 26.8. The number of carbonyl (C=O) groups is 2. The standard InChI is InChI=1S/C32H40AsO6P/c1-20(2)29(30(34)35)18-40(37,39-32-14-21-11-22(15-32)13-23(12-21)16-32)19-33-31(36)38-17-28-26-9-5-3-7-24(26)25-8-4-6-10-27(25)28/h3-10,20-23,28-29,33H,11-19H2,1-2H3,(H,34,35). The Labute approximate surface area is 243 Å². The van der Waals surface area contributed by atoms with Crippen molar-refractivity contribution < 1.29 is 28.5 Å². The van der Waals surface area contributed by atoms with E-state index in [9.17, 15) is 19.3 Å². The summed E-state index contributed by atoms with van der Waals surface area (Å²) in [6.07, 6.45) is 6.49. The molecule has 4 bridgehead atoms. The van der Waals surface area contributed by atoms with Gasteiger partial charge in [0, 0.05) is 0 Å². The summed E-state index contributed by atoms with van der Waals surface area (Å²) in [5.41, 5.74) is 4.27. The first-order valence-electron chi connectivity index (χ1n) is 14.7. The minimum absolute atomic E-state index is 0.00189. The van der Waals surface area contributed by atoms with Crippen LogP contribution in [-0.2, 0) is 18.6 Å². The Balaban J connectivity index is 1.15. The van der Waals surface area contributed by atoms with E-state index >= 15 is 0 Å². The van der Waals surface area contributed by atoms with E-state index in [4.69, 9.17) is 9.26 Å². The summed E-state index contributed by atoms with van der Waals surface area (Å²) in [7, 11) is -3.37. The fourth-order valence-electron chi connectivity index (χ4n) is 8.34. The van der Waals surface area contributed by atoms with Crippen LogP contribution in [0.1, 0.15) is 69.4 Å². The molecule has 5 aliphatic carbocycles. The zero-order valence-electron chi connectivity index (χ0n) is 23.4. The van der Waals surface area contributed by atoms with Crippen molar-refractivity contribution in [3.8, 4) is 11.1 Å². The van der Waals surface area contributed by atoms with Crippen molar-refractivity contribution in [3.05, 3.63) is 59.7 Å². The Hall–Kier alpha value is -1.87. The van der Waals surface area contributed by atoms with E-state index < -0.39 is 40.6 Å². The van der Waals surface area contributed by atoms with Crippen molar-refractivity contribution in [2.75, 3.05) is 17.7 Å². The molecule has 2 aromatic carbocycles. The molecule has 0 spiro atoms. The molecule has 4 saturated carbocycles. The van der Waals surface area contributed by atoms with Gasteiger partial charge in [0.2, 0.25) is 0 Å². The van der Waals surface area contributed by atoms with Crippen molar-refractivity contribution in [3.63, 3.8) is 0 Å². The summed E-state index contributed by atoms with van der Waals surface area (Å²) in [4.78, 5) is 25.4. The van der Waals surface area contributed by atoms with Crippen molar-refractivity contribution in [2.24, 2.45) is 29.6 Å². The van der Waals surface area contributed by atoms with Crippen LogP contribution in [0.4, 0.5) is 4.79 Å². The van der Waals surface area contributed by atoms with Gasteiger partial charge in [-0.15, -0.1) is 0 Å². The number of rotatable bonds is 11. The number of carboxylic acids is 1. The maximum atomic E-state index is 14.5. The minimum atomic E-state index is -3.37. The zero-order valence-corrected chi connectivity index (χ0v) is 26.4. The van der Waals surface area contributed by atoms with Crippen LogP contribution >= 0.6 is 7.37 Å². The predicted octanol–water partition coefficient (Wildman–Crippen LogP) is 6.95. The molecule has 0 amide bonds. The maximum absolute atomic E-state index is 14.5. The van der Waals surface area contributed by atoms with Gasteiger partial charge in [-0.25, -0.2) is 0 Å². The van der Waals surface area contributed by atoms with Crippen LogP contribution in [0.15, 0.2) is 48.5 Å². The predicted molar refractivity (Wildman–Crippen MR) is 158 cm³/mol. The van der Waals surface area contributed by atoms with Gasteiger partial charge in [0.1, 0.15) is 0 Å². The van der Waals surface area contributed by atoms with Crippen molar-refractivity contribution in [2.45, 2.75) is 63.9 Å². The third-order valence-corrected chi connectivity index (χ3v) is 17.0. The molecule has 8 heteroatoms. The average molecular weight is 627 g/mol. The molecule has 4 fully saturated rings. The SMILES string of the molecule is CC(C)C(CP(=O)(C[AsH]C(=O)OCC1c2ccccc2-c2ccccc21)OC12CC3CC(CC(C3)C1)C2)C(=O)O. The molecule has 0 radical (unpaired) electrons. The monoisotopic (exact) mass is 626 g/mol. The Morgan fingerprint density at radius 2 is 1.48 bits per heavy atom. The van der Waals surface area contributed by atoms with Crippen molar-refractivity contribution in [1.82, 2.24) is 0 Å². The van der Waals surface area contributed by atoms with E-state index in [1.807, 2.05) is 38.1 Å². The first-order chi connectivity index (χ1) is 19.1. The molecule has 3 unspecified atom stereocenters. The Bertz CT molecular complexity index is 1260. The Morgan fingerprint density at radius 1 is 0.950 bits per heavy atom. The molecule has 0 heterocycles. The number of carbonyl (C=O) groups excluding carboxylic acids is 1. The van der Waals surface area contributed by atoms with Crippen LogP contribution < -0.4 is 0 Å². The molecule has 3 atom stereocenters. The summed E-state index contributed by atoms with van der Waals surface area (Å²) in [5, 5.41) is 9.92. The molecular weight excluding hydrogens is 586 g/mol. The molecule has 1 N–H and O–H groups in total. The molecule has 0 saturated heterocycles. The molecule has 0 aliphatic heterocycles. The number of hydrogen-bond acceptors (Lipinski definition) is 5. The molecule has 7 rings (SSSR count). The van der Waals surface area contributed by atoms with Crippen molar-refractivity contribution >= 4 is 33.8 Å². The summed E-state index contributed by atoms with van der Waals surface area (Å²) >= 11 is -1.42. The third kappa shape index (κ3) is 5.61. The number of fused-ring (bicyclic) bond motifs is 3. The van der Waals surface area contributed by atoms with E-state index in [1.54, 1.807) is 0 Å². The van der Waals surface area contributed by atoms with Gasteiger partial charge in [-0.05, 0) is 0 Å². The van der Waals surface area contributed by atoms with Gasteiger partial charge in [-0.1, -0.05) is 0 Å². The number of hydrogen-bond donors (Lipinski definition) is 1. The van der Waals surface area contributed by atoms with Gasteiger partial charge >= 0.3 is 244 Å².